The molecule has 16 heavy (non-hydrogen) atoms. The lowest BCUT2D eigenvalue weighted by molar-refractivity contribution is 0.683. The zero-order chi connectivity index (χ0) is 11.8. The number of unbranched alkanes of at least 4 members (excludes halogenated alkanes) is 3. The Labute approximate surface area is 97.5 Å². The van der Waals surface area contributed by atoms with Crippen LogP contribution in [0.15, 0.2) is 23.1 Å². The number of aryl methyl sites for hydroxylation is 1. The van der Waals surface area contributed by atoms with E-state index in [1.807, 2.05) is 19.2 Å². The third-order valence-electron chi connectivity index (χ3n) is 2.68. The summed E-state index contributed by atoms with van der Waals surface area (Å²) in [5.74, 6) is 0. The van der Waals surface area contributed by atoms with Gasteiger partial charge in [0.25, 0.3) is 5.56 Å². The average Bonchev–Trinajstić information content (AvgIpc) is 2.31. The van der Waals surface area contributed by atoms with Crippen molar-refractivity contribution in [2.45, 2.75) is 46.1 Å². The summed E-state index contributed by atoms with van der Waals surface area (Å²) in [6, 6.07) is 3.48. The smallest absolute Gasteiger partial charge is 0.250 e. The second-order valence-corrected chi connectivity index (χ2v) is 4.03. The fourth-order valence-electron chi connectivity index (χ4n) is 1.67. The number of anilines is 1. The van der Waals surface area contributed by atoms with E-state index in [9.17, 15) is 4.79 Å². The second kappa shape index (κ2) is 7.09. The standard InChI is InChI=1S/C13H22N2O/c1-3-5-6-7-10-14-12-8-9-13(16)15(4-2)11-12/h8-9,11,14H,3-7,10H2,1-2H3. The SMILES string of the molecule is CCCCCCNc1ccc(=O)n(CC)c1. The summed E-state index contributed by atoms with van der Waals surface area (Å²) in [6.07, 6.45) is 6.93. The number of nitrogens with one attached hydrogen (secondary N) is 1. The molecule has 90 valence electrons. The maximum Gasteiger partial charge on any atom is 0.250 e. The largest absolute Gasteiger partial charge is 0.384 e. The quantitative estimate of drug-likeness (QED) is 0.720. The van der Waals surface area contributed by atoms with Crippen molar-refractivity contribution in [2.75, 3.05) is 11.9 Å². The molecule has 3 heteroatoms. The van der Waals surface area contributed by atoms with Crippen molar-refractivity contribution in [3.05, 3.63) is 28.7 Å². The fourth-order valence-corrected chi connectivity index (χ4v) is 1.67. The van der Waals surface area contributed by atoms with E-state index in [2.05, 4.69) is 12.2 Å². The van der Waals surface area contributed by atoms with Crippen LogP contribution in [0.2, 0.25) is 0 Å². The molecule has 0 aromatic carbocycles. The first kappa shape index (κ1) is 12.8. The van der Waals surface area contributed by atoms with Crippen LogP contribution < -0.4 is 10.9 Å². The normalized spacial score (nSPS) is 10.4. The molecule has 1 rings (SSSR count). The van der Waals surface area contributed by atoms with Gasteiger partial charge < -0.3 is 9.88 Å². The highest BCUT2D eigenvalue weighted by Gasteiger charge is 1.96. The second-order valence-electron chi connectivity index (χ2n) is 4.03. The van der Waals surface area contributed by atoms with E-state index in [0.29, 0.717) is 0 Å². The minimum absolute atomic E-state index is 0.0685. The summed E-state index contributed by atoms with van der Waals surface area (Å²) in [6.45, 7) is 5.91. The third-order valence-corrected chi connectivity index (χ3v) is 2.68. The molecule has 0 aliphatic carbocycles. The molecule has 1 aromatic rings. The third kappa shape index (κ3) is 4.09. The van der Waals surface area contributed by atoms with Gasteiger partial charge in [0.05, 0.1) is 5.69 Å². The summed E-state index contributed by atoms with van der Waals surface area (Å²) in [4.78, 5) is 11.4. The zero-order valence-electron chi connectivity index (χ0n) is 10.3. The zero-order valence-corrected chi connectivity index (χ0v) is 10.3. The number of pyridine rings is 1. The predicted octanol–water partition coefficient (Wildman–Crippen LogP) is 2.86. The van der Waals surface area contributed by atoms with Crippen LogP contribution in [0.1, 0.15) is 39.5 Å². The fraction of sp³-hybridized carbons (Fsp3) is 0.615. The Balaban J connectivity index is 2.39. The van der Waals surface area contributed by atoms with Crippen molar-refractivity contribution < 1.29 is 0 Å². The summed E-state index contributed by atoms with van der Waals surface area (Å²) in [5.41, 5.74) is 1.11. The summed E-state index contributed by atoms with van der Waals surface area (Å²) < 4.78 is 1.72. The first-order valence-electron chi connectivity index (χ1n) is 6.22. The molecule has 0 unspecified atom stereocenters. The molecular weight excluding hydrogens is 200 g/mol. The van der Waals surface area contributed by atoms with Crippen LogP contribution in [-0.2, 0) is 6.54 Å². The minimum Gasteiger partial charge on any atom is -0.384 e. The van der Waals surface area contributed by atoms with E-state index in [4.69, 9.17) is 0 Å². The molecule has 1 N–H and O–H groups in total. The van der Waals surface area contributed by atoms with Crippen molar-refractivity contribution in [2.24, 2.45) is 0 Å². The first-order valence-corrected chi connectivity index (χ1v) is 6.22. The van der Waals surface area contributed by atoms with Gasteiger partial charge >= 0.3 is 0 Å². The molecule has 0 atom stereocenters. The van der Waals surface area contributed by atoms with Gasteiger partial charge in [-0.1, -0.05) is 26.2 Å². The highest BCUT2D eigenvalue weighted by atomic mass is 16.1. The lowest BCUT2D eigenvalue weighted by Crippen LogP contribution is -2.18. The van der Waals surface area contributed by atoms with Crippen LogP contribution in [0.5, 0.6) is 0 Å². The van der Waals surface area contributed by atoms with Crippen molar-refractivity contribution in [1.82, 2.24) is 4.57 Å². The Bertz CT molecular complexity index is 357. The van der Waals surface area contributed by atoms with Crippen LogP contribution in [0.25, 0.3) is 0 Å². The van der Waals surface area contributed by atoms with Crippen LogP contribution in [0.4, 0.5) is 5.69 Å². The minimum atomic E-state index is 0.0685. The maximum absolute atomic E-state index is 11.4. The number of rotatable bonds is 7. The van der Waals surface area contributed by atoms with Crippen LogP contribution in [0, 0.1) is 0 Å². The Kier molecular flexibility index (Phi) is 5.68. The molecule has 0 fully saturated rings. The van der Waals surface area contributed by atoms with Crippen molar-refractivity contribution in [1.29, 1.82) is 0 Å². The summed E-state index contributed by atoms with van der Waals surface area (Å²) in [5, 5.41) is 3.35. The average molecular weight is 222 g/mol. The van der Waals surface area contributed by atoms with Crippen molar-refractivity contribution >= 4 is 5.69 Å². The van der Waals surface area contributed by atoms with Crippen molar-refractivity contribution in [3.8, 4) is 0 Å². The Morgan fingerprint density at radius 3 is 2.69 bits per heavy atom. The van der Waals surface area contributed by atoms with Gasteiger partial charge in [0.1, 0.15) is 0 Å². The summed E-state index contributed by atoms with van der Waals surface area (Å²) in [7, 11) is 0. The molecule has 0 spiro atoms. The molecule has 0 radical (unpaired) electrons. The topological polar surface area (TPSA) is 34.0 Å². The van der Waals surface area contributed by atoms with Gasteiger partial charge in [-0.3, -0.25) is 4.79 Å². The Morgan fingerprint density at radius 2 is 2.00 bits per heavy atom. The maximum atomic E-state index is 11.4. The van der Waals surface area contributed by atoms with Gasteiger partial charge in [-0.15, -0.1) is 0 Å². The van der Waals surface area contributed by atoms with Gasteiger partial charge in [-0.05, 0) is 19.4 Å². The molecule has 0 bridgehead atoms. The van der Waals surface area contributed by atoms with Crippen LogP contribution in [0.3, 0.4) is 0 Å². The van der Waals surface area contributed by atoms with E-state index in [0.717, 1.165) is 18.8 Å². The highest BCUT2D eigenvalue weighted by molar-refractivity contribution is 5.39. The Hall–Kier alpha value is -1.25. The highest BCUT2D eigenvalue weighted by Crippen LogP contribution is 2.05. The number of aromatic nitrogens is 1. The van der Waals surface area contributed by atoms with E-state index in [1.165, 1.54) is 25.7 Å². The van der Waals surface area contributed by atoms with E-state index < -0.39 is 0 Å². The lowest BCUT2D eigenvalue weighted by Gasteiger charge is -2.08. The lowest BCUT2D eigenvalue weighted by atomic mass is 10.2. The molecule has 0 saturated carbocycles. The molecule has 0 amide bonds. The molecule has 3 nitrogen and oxygen atoms in total. The molecular formula is C13H22N2O. The molecule has 1 heterocycles. The van der Waals surface area contributed by atoms with Crippen LogP contribution >= 0.6 is 0 Å². The van der Waals surface area contributed by atoms with Gasteiger partial charge in [-0.2, -0.15) is 0 Å². The van der Waals surface area contributed by atoms with Gasteiger partial charge in [0.2, 0.25) is 0 Å². The van der Waals surface area contributed by atoms with Gasteiger partial charge in [-0.25, -0.2) is 0 Å². The molecule has 0 aliphatic rings. The molecule has 1 aromatic heterocycles. The first-order chi connectivity index (χ1) is 7.77. The molecule has 0 saturated heterocycles. The number of hydrogen-bond donors (Lipinski definition) is 1. The van der Waals surface area contributed by atoms with E-state index in [-0.39, 0.29) is 5.56 Å². The van der Waals surface area contributed by atoms with Crippen molar-refractivity contribution in [3.63, 3.8) is 0 Å². The number of nitrogens with zero attached hydrogens (tertiary/aromatic N) is 1. The molecule has 0 aliphatic heterocycles. The van der Waals surface area contributed by atoms with Crippen LogP contribution in [-0.4, -0.2) is 11.1 Å². The number of hydrogen-bond acceptors (Lipinski definition) is 2. The Morgan fingerprint density at radius 1 is 1.19 bits per heavy atom. The van der Waals surface area contributed by atoms with Gasteiger partial charge in [0.15, 0.2) is 0 Å². The summed E-state index contributed by atoms with van der Waals surface area (Å²) >= 11 is 0. The van der Waals surface area contributed by atoms with E-state index in [1.54, 1.807) is 10.6 Å². The predicted molar refractivity (Wildman–Crippen MR) is 69.0 cm³/mol. The van der Waals surface area contributed by atoms with Gasteiger partial charge in [0, 0.05) is 25.4 Å². The monoisotopic (exact) mass is 222 g/mol. The van der Waals surface area contributed by atoms with E-state index >= 15 is 0 Å².